The molecule has 7 heteroatoms. The standard InChI is InChI=1S/C21H18F3N3O/c1-14-8-9-19(15(2)11-14)27-10-4-7-18(27)13-25-26-20(28)16-5-3-6-17(12-16)21(22,23)24/h3-13H,1-2H3,(H,26,28)/b25-13+. The van der Waals surface area contributed by atoms with Crippen molar-refractivity contribution >= 4 is 12.1 Å². The normalized spacial score (nSPS) is 11.8. The van der Waals surface area contributed by atoms with Gasteiger partial charge in [-0.3, -0.25) is 4.79 Å². The summed E-state index contributed by atoms with van der Waals surface area (Å²) in [6, 6.07) is 13.9. The lowest BCUT2D eigenvalue weighted by molar-refractivity contribution is -0.137. The molecule has 144 valence electrons. The number of nitrogens with zero attached hydrogens (tertiary/aromatic N) is 2. The number of hydrogen-bond acceptors (Lipinski definition) is 2. The molecule has 0 aliphatic heterocycles. The van der Waals surface area contributed by atoms with Gasteiger partial charge in [-0.25, -0.2) is 5.43 Å². The highest BCUT2D eigenvalue weighted by molar-refractivity contribution is 5.95. The van der Waals surface area contributed by atoms with Crippen LogP contribution in [-0.4, -0.2) is 16.7 Å². The zero-order valence-electron chi connectivity index (χ0n) is 15.3. The van der Waals surface area contributed by atoms with Gasteiger partial charge in [0.1, 0.15) is 0 Å². The lowest BCUT2D eigenvalue weighted by Crippen LogP contribution is -2.18. The van der Waals surface area contributed by atoms with Crippen LogP contribution in [0.4, 0.5) is 13.2 Å². The highest BCUT2D eigenvalue weighted by Gasteiger charge is 2.30. The van der Waals surface area contributed by atoms with Gasteiger partial charge in [0.05, 0.1) is 17.5 Å². The third-order valence-electron chi connectivity index (χ3n) is 4.21. The second-order valence-corrected chi connectivity index (χ2v) is 6.37. The van der Waals surface area contributed by atoms with Gasteiger partial charge in [0.2, 0.25) is 0 Å². The molecule has 0 aliphatic rings. The molecule has 1 aromatic heterocycles. The fourth-order valence-corrected chi connectivity index (χ4v) is 2.85. The first-order valence-electron chi connectivity index (χ1n) is 8.51. The van der Waals surface area contributed by atoms with Crippen molar-refractivity contribution in [2.24, 2.45) is 5.10 Å². The Morgan fingerprint density at radius 2 is 1.86 bits per heavy atom. The maximum absolute atomic E-state index is 12.8. The molecular formula is C21H18F3N3O. The molecule has 0 fully saturated rings. The fraction of sp³-hybridized carbons (Fsp3) is 0.143. The first-order chi connectivity index (χ1) is 13.3. The molecule has 0 spiro atoms. The van der Waals surface area contributed by atoms with Crippen LogP contribution in [-0.2, 0) is 6.18 Å². The summed E-state index contributed by atoms with van der Waals surface area (Å²) < 4.78 is 40.2. The summed E-state index contributed by atoms with van der Waals surface area (Å²) in [4.78, 5) is 12.1. The van der Waals surface area contributed by atoms with E-state index < -0.39 is 17.6 Å². The summed E-state index contributed by atoms with van der Waals surface area (Å²) in [6.07, 6.45) is -1.19. The summed E-state index contributed by atoms with van der Waals surface area (Å²) in [5.41, 5.74) is 5.20. The van der Waals surface area contributed by atoms with Crippen LogP contribution < -0.4 is 5.43 Å². The van der Waals surface area contributed by atoms with E-state index in [0.29, 0.717) is 0 Å². The van der Waals surface area contributed by atoms with Crippen LogP contribution in [0.1, 0.15) is 32.7 Å². The van der Waals surface area contributed by atoms with Gasteiger partial charge in [0.25, 0.3) is 5.91 Å². The predicted octanol–water partition coefficient (Wildman–Crippen LogP) is 4.88. The number of alkyl halides is 3. The Kier molecular flexibility index (Phi) is 5.35. The van der Waals surface area contributed by atoms with Crippen LogP contribution in [0.3, 0.4) is 0 Å². The van der Waals surface area contributed by atoms with E-state index in [1.165, 1.54) is 18.3 Å². The Morgan fingerprint density at radius 1 is 1.07 bits per heavy atom. The number of carbonyl (C=O) groups is 1. The van der Waals surface area contributed by atoms with Crippen LogP contribution in [0.5, 0.6) is 0 Å². The van der Waals surface area contributed by atoms with Crippen molar-refractivity contribution in [2.75, 3.05) is 0 Å². The lowest BCUT2D eigenvalue weighted by atomic mass is 10.1. The topological polar surface area (TPSA) is 46.4 Å². The average molecular weight is 385 g/mol. The third kappa shape index (κ3) is 4.31. The van der Waals surface area contributed by atoms with Crippen LogP contribution in [0.25, 0.3) is 5.69 Å². The third-order valence-corrected chi connectivity index (χ3v) is 4.21. The largest absolute Gasteiger partial charge is 0.416 e. The molecule has 1 N–H and O–H groups in total. The summed E-state index contributed by atoms with van der Waals surface area (Å²) in [5.74, 6) is -0.716. The van der Waals surface area contributed by atoms with Gasteiger partial charge >= 0.3 is 6.18 Å². The molecule has 0 saturated heterocycles. The smallest absolute Gasteiger partial charge is 0.315 e. The Labute approximate surface area is 160 Å². The molecule has 28 heavy (non-hydrogen) atoms. The Balaban J connectivity index is 1.76. The summed E-state index contributed by atoms with van der Waals surface area (Å²) in [7, 11) is 0. The van der Waals surface area contributed by atoms with E-state index in [4.69, 9.17) is 0 Å². The molecule has 0 radical (unpaired) electrons. The van der Waals surface area contributed by atoms with Crippen molar-refractivity contribution in [1.29, 1.82) is 0 Å². The van der Waals surface area contributed by atoms with Gasteiger partial charge in [-0.1, -0.05) is 23.8 Å². The first kappa shape index (κ1) is 19.4. The van der Waals surface area contributed by atoms with Crippen LogP contribution >= 0.6 is 0 Å². The van der Waals surface area contributed by atoms with Gasteiger partial charge in [-0.05, 0) is 55.8 Å². The highest BCUT2D eigenvalue weighted by Crippen LogP contribution is 2.29. The second kappa shape index (κ2) is 7.72. The molecule has 1 heterocycles. The molecule has 3 rings (SSSR count). The number of rotatable bonds is 4. The Bertz CT molecular complexity index is 1040. The van der Waals surface area contributed by atoms with E-state index in [1.54, 1.807) is 0 Å². The number of aromatic nitrogens is 1. The van der Waals surface area contributed by atoms with E-state index in [9.17, 15) is 18.0 Å². The molecule has 1 amide bonds. The molecule has 0 aliphatic carbocycles. The van der Waals surface area contributed by atoms with Crippen molar-refractivity contribution in [3.63, 3.8) is 0 Å². The van der Waals surface area contributed by atoms with Crippen molar-refractivity contribution in [3.05, 3.63) is 88.7 Å². The van der Waals surface area contributed by atoms with Crippen LogP contribution in [0.2, 0.25) is 0 Å². The monoisotopic (exact) mass is 385 g/mol. The summed E-state index contributed by atoms with van der Waals surface area (Å²) >= 11 is 0. The summed E-state index contributed by atoms with van der Waals surface area (Å²) in [5, 5.41) is 3.89. The molecule has 0 saturated carbocycles. The number of benzene rings is 2. The zero-order valence-corrected chi connectivity index (χ0v) is 15.3. The molecule has 0 unspecified atom stereocenters. The number of hydrogen-bond donors (Lipinski definition) is 1. The molecule has 0 atom stereocenters. The predicted molar refractivity (Wildman–Crippen MR) is 102 cm³/mol. The minimum absolute atomic E-state index is 0.114. The highest BCUT2D eigenvalue weighted by atomic mass is 19.4. The van der Waals surface area contributed by atoms with E-state index in [2.05, 4.69) is 16.6 Å². The van der Waals surface area contributed by atoms with E-state index >= 15 is 0 Å². The van der Waals surface area contributed by atoms with E-state index in [1.807, 2.05) is 48.9 Å². The number of amides is 1. The minimum Gasteiger partial charge on any atom is -0.315 e. The number of aryl methyl sites for hydroxylation is 2. The number of nitrogens with one attached hydrogen (secondary N) is 1. The Hall–Kier alpha value is -3.35. The quantitative estimate of drug-likeness (QED) is 0.505. The van der Waals surface area contributed by atoms with Gasteiger partial charge in [-0.2, -0.15) is 18.3 Å². The minimum atomic E-state index is -4.51. The molecular weight excluding hydrogens is 367 g/mol. The fourth-order valence-electron chi connectivity index (χ4n) is 2.85. The molecule has 2 aromatic carbocycles. The maximum Gasteiger partial charge on any atom is 0.416 e. The molecule has 3 aromatic rings. The van der Waals surface area contributed by atoms with Crippen molar-refractivity contribution in [3.8, 4) is 5.69 Å². The molecule has 0 bridgehead atoms. The van der Waals surface area contributed by atoms with Gasteiger partial charge in [0.15, 0.2) is 0 Å². The van der Waals surface area contributed by atoms with Crippen molar-refractivity contribution in [1.82, 2.24) is 9.99 Å². The first-order valence-corrected chi connectivity index (χ1v) is 8.51. The van der Waals surface area contributed by atoms with Gasteiger partial charge in [0, 0.05) is 17.4 Å². The Morgan fingerprint density at radius 3 is 2.57 bits per heavy atom. The number of carbonyl (C=O) groups excluding carboxylic acids is 1. The van der Waals surface area contributed by atoms with Crippen LogP contribution in [0, 0.1) is 13.8 Å². The van der Waals surface area contributed by atoms with Gasteiger partial charge in [-0.15, -0.1) is 0 Å². The molecule has 4 nitrogen and oxygen atoms in total. The number of halogens is 3. The number of hydrazone groups is 1. The lowest BCUT2D eigenvalue weighted by Gasteiger charge is -2.10. The SMILES string of the molecule is Cc1ccc(-n2cccc2/C=N/NC(=O)c2cccc(C(F)(F)F)c2)c(C)c1. The second-order valence-electron chi connectivity index (χ2n) is 6.37. The summed E-state index contributed by atoms with van der Waals surface area (Å²) in [6.45, 7) is 4.01. The van der Waals surface area contributed by atoms with Gasteiger partial charge < -0.3 is 4.57 Å². The van der Waals surface area contributed by atoms with E-state index in [-0.39, 0.29) is 5.56 Å². The average Bonchev–Trinajstić information content (AvgIpc) is 3.09. The maximum atomic E-state index is 12.8. The van der Waals surface area contributed by atoms with Crippen molar-refractivity contribution < 1.29 is 18.0 Å². The van der Waals surface area contributed by atoms with Crippen LogP contribution in [0.15, 0.2) is 65.9 Å². The van der Waals surface area contributed by atoms with Crippen molar-refractivity contribution in [2.45, 2.75) is 20.0 Å². The van der Waals surface area contributed by atoms with E-state index in [0.717, 1.165) is 34.6 Å². The zero-order chi connectivity index (χ0) is 20.3.